The van der Waals surface area contributed by atoms with E-state index in [0.29, 0.717) is 48.3 Å². The van der Waals surface area contributed by atoms with Gasteiger partial charge in [-0.15, -0.1) is 0 Å². The number of unbranched alkanes of at least 4 members (excludes halogenated alkanes) is 1. The van der Waals surface area contributed by atoms with Crippen LogP contribution in [-0.4, -0.2) is 31.1 Å². The highest BCUT2D eigenvalue weighted by molar-refractivity contribution is 14.1. The van der Waals surface area contributed by atoms with Gasteiger partial charge in [-0.1, -0.05) is 43.2 Å². The monoisotopic (exact) mass is 654 g/mol. The van der Waals surface area contributed by atoms with E-state index in [1.807, 2.05) is 32.0 Å². The number of carbonyl (C=O) groups is 3. The first-order valence-electron chi connectivity index (χ1n) is 13.1. The largest absolute Gasteiger partial charge is 0.494 e. The smallest absolute Gasteiger partial charge is 0.335 e. The van der Waals surface area contributed by atoms with Gasteiger partial charge in [-0.05, 0) is 96.5 Å². The van der Waals surface area contributed by atoms with Gasteiger partial charge in [0.15, 0.2) is 11.5 Å². The molecule has 4 rings (SSSR count). The van der Waals surface area contributed by atoms with Crippen LogP contribution in [0.2, 0.25) is 0 Å². The number of ether oxygens (including phenoxy) is 3. The summed E-state index contributed by atoms with van der Waals surface area (Å²) >= 11 is 2.14. The lowest BCUT2D eigenvalue weighted by Gasteiger charge is -2.26. The molecule has 0 atom stereocenters. The number of nitrogens with one attached hydrogen (secondary N) is 1. The van der Waals surface area contributed by atoms with Gasteiger partial charge >= 0.3 is 6.03 Å². The number of benzene rings is 3. The molecule has 0 spiro atoms. The number of rotatable bonds is 11. The van der Waals surface area contributed by atoms with Crippen molar-refractivity contribution in [3.8, 4) is 17.2 Å². The summed E-state index contributed by atoms with van der Waals surface area (Å²) in [5, 5.41) is 2.26. The number of barbiturate groups is 1. The van der Waals surface area contributed by atoms with Crippen LogP contribution < -0.4 is 24.4 Å². The van der Waals surface area contributed by atoms with Crippen LogP contribution in [0.5, 0.6) is 17.2 Å². The minimum Gasteiger partial charge on any atom is -0.494 e. The normalized spacial score (nSPS) is 14.3. The van der Waals surface area contributed by atoms with Crippen molar-refractivity contribution >= 4 is 52.2 Å². The topological polar surface area (TPSA) is 94.2 Å². The Labute approximate surface area is 247 Å². The number of urea groups is 1. The molecule has 40 heavy (non-hydrogen) atoms. The van der Waals surface area contributed by atoms with Gasteiger partial charge < -0.3 is 14.2 Å². The molecule has 9 heteroatoms. The summed E-state index contributed by atoms with van der Waals surface area (Å²) in [5.74, 6) is 0.212. The fourth-order valence-corrected chi connectivity index (χ4v) is 4.90. The fourth-order valence-electron chi connectivity index (χ4n) is 4.12. The second kappa shape index (κ2) is 13.5. The molecule has 3 aromatic carbocycles. The van der Waals surface area contributed by atoms with E-state index in [4.69, 9.17) is 14.2 Å². The number of aryl methyl sites for hydroxylation is 1. The molecule has 0 radical (unpaired) electrons. The average molecular weight is 655 g/mol. The lowest BCUT2D eigenvalue weighted by atomic mass is 10.1. The quantitative estimate of drug-likeness (QED) is 0.111. The molecular weight excluding hydrogens is 623 g/mol. The molecule has 1 fully saturated rings. The molecule has 1 aliphatic rings. The SMILES string of the molecule is CCCCOc1ccc(N2C(=O)NC(=O)/C(=C/c3cc(I)c(OCc4cccc(C)c4)c(OCC)c3)C2=O)cc1. The van der Waals surface area contributed by atoms with Crippen molar-refractivity contribution in [1.82, 2.24) is 5.32 Å². The predicted octanol–water partition coefficient (Wildman–Crippen LogP) is 6.42. The molecule has 8 nitrogen and oxygen atoms in total. The van der Waals surface area contributed by atoms with Crippen molar-refractivity contribution in [3.05, 3.63) is 86.5 Å². The zero-order chi connectivity index (χ0) is 28.6. The van der Waals surface area contributed by atoms with E-state index in [1.165, 1.54) is 6.08 Å². The number of halogens is 1. The van der Waals surface area contributed by atoms with E-state index in [1.54, 1.807) is 36.4 Å². The molecule has 0 bridgehead atoms. The first-order chi connectivity index (χ1) is 19.3. The molecule has 208 valence electrons. The third-order valence-electron chi connectivity index (χ3n) is 6.07. The maximum atomic E-state index is 13.4. The lowest BCUT2D eigenvalue weighted by Crippen LogP contribution is -2.54. The Morgan fingerprint density at radius 2 is 1.73 bits per heavy atom. The molecule has 0 unspecified atom stereocenters. The summed E-state index contributed by atoms with van der Waals surface area (Å²) in [5.41, 5.74) is 2.88. The van der Waals surface area contributed by atoms with Gasteiger partial charge in [0.1, 0.15) is 17.9 Å². The van der Waals surface area contributed by atoms with Crippen molar-refractivity contribution in [2.24, 2.45) is 0 Å². The van der Waals surface area contributed by atoms with Crippen LogP contribution in [-0.2, 0) is 16.2 Å². The highest BCUT2D eigenvalue weighted by Crippen LogP contribution is 2.36. The van der Waals surface area contributed by atoms with E-state index in [0.717, 1.165) is 32.4 Å². The summed E-state index contributed by atoms with van der Waals surface area (Å²) in [6.07, 6.45) is 3.39. The van der Waals surface area contributed by atoms with E-state index >= 15 is 0 Å². The van der Waals surface area contributed by atoms with Crippen molar-refractivity contribution in [2.45, 2.75) is 40.2 Å². The molecule has 0 aliphatic carbocycles. The number of anilines is 1. The Kier molecular flexibility index (Phi) is 9.81. The molecule has 3 aromatic rings. The van der Waals surface area contributed by atoms with Gasteiger partial charge in [0, 0.05) is 0 Å². The first-order valence-corrected chi connectivity index (χ1v) is 14.2. The molecule has 0 aromatic heterocycles. The molecule has 4 amide bonds. The zero-order valence-corrected chi connectivity index (χ0v) is 24.8. The van der Waals surface area contributed by atoms with Gasteiger partial charge in [-0.3, -0.25) is 14.9 Å². The molecule has 1 N–H and O–H groups in total. The minimum atomic E-state index is -0.809. The Morgan fingerprint density at radius 1 is 0.950 bits per heavy atom. The number of hydrogen-bond acceptors (Lipinski definition) is 6. The number of hydrogen-bond donors (Lipinski definition) is 1. The van der Waals surface area contributed by atoms with Gasteiger partial charge in [0.05, 0.1) is 22.5 Å². The van der Waals surface area contributed by atoms with E-state index in [-0.39, 0.29) is 5.57 Å². The molecular formula is C31H31IN2O6. The standard InChI is InChI=1S/C31H31IN2O6/c1-4-6-14-39-24-12-10-23(11-13-24)34-30(36)25(29(35)33-31(34)37)16-22-17-26(32)28(27(18-22)38-5-2)40-19-21-9-7-8-20(3)15-21/h7-13,15-18H,4-6,14,19H2,1-3H3,(H,33,35,37)/b25-16-. The second-order valence-corrected chi connectivity index (χ2v) is 10.4. The highest BCUT2D eigenvalue weighted by Gasteiger charge is 2.37. The first kappa shape index (κ1) is 29.1. The summed E-state index contributed by atoms with van der Waals surface area (Å²) in [6, 6.07) is 17.4. The summed E-state index contributed by atoms with van der Waals surface area (Å²) in [6.45, 7) is 7.31. The number of nitrogens with zero attached hydrogens (tertiary/aromatic N) is 1. The van der Waals surface area contributed by atoms with Crippen LogP contribution in [0.25, 0.3) is 6.08 Å². The molecule has 1 saturated heterocycles. The Balaban J connectivity index is 1.59. The van der Waals surface area contributed by atoms with Crippen LogP contribution in [0, 0.1) is 10.5 Å². The lowest BCUT2D eigenvalue weighted by molar-refractivity contribution is -0.122. The number of carbonyl (C=O) groups excluding carboxylic acids is 3. The third kappa shape index (κ3) is 7.01. The van der Waals surface area contributed by atoms with Crippen molar-refractivity contribution in [1.29, 1.82) is 0 Å². The van der Waals surface area contributed by atoms with Crippen LogP contribution in [0.3, 0.4) is 0 Å². The summed E-state index contributed by atoms with van der Waals surface area (Å²) < 4.78 is 18.4. The van der Waals surface area contributed by atoms with E-state index in [9.17, 15) is 14.4 Å². The van der Waals surface area contributed by atoms with Gasteiger partial charge in [0.2, 0.25) is 0 Å². The number of amides is 4. The van der Waals surface area contributed by atoms with Gasteiger partial charge in [-0.2, -0.15) is 0 Å². The van der Waals surface area contributed by atoms with Crippen molar-refractivity contribution in [2.75, 3.05) is 18.1 Å². The van der Waals surface area contributed by atoms with E-state index in [2.05, 4.69) is 40.9 Å². The summed E-state index contributed by atoms with van der Waals surface area (Å²) in [7, 11) is 0. The Bertz CT molecular complexity index is 1430. The molecule has 0 saturated carbocycles. The van der Waals surface area contributed by atoms with E-state index < -0.39 is 17.8 Å². The van der Waals surface area contributed by atoms with Crippen LogP contribution in [0.1, 0.15) is 43.4 Å². The van der Waals surface area contributed by atoms with Crippen LogP contribution in [0.4, 0.5) is 10.5 Å². The van der Waals surface area contributed by atoms with Crippen LogP contribution >= 0.6 is 22.6 Å². The Morgan fingerprint density at radius 3 is 2.42 bits per heavy atom. The maximum absolute atomic E-state index is 13.4. The molecule has 1 heterocycles. The summed E-state index contributed by atoms with van der Waals surface area (Å²) in [4.78, 5) is 39.7. The molecule has 1 aliphatic heterocycles. The Hall–Kier alpha value is -3.86. The van der Waals surface area contributed by atoms with Gasteiger partial charge in [-0.25, -0.2) is 9.69 Å². The minimum absolute atomic E-state index is 0.172. The van der Waals surface area contributed by atoms with Gasteiger partial charge in [0.25, 0.3) is 11.8 Å². The fraction of sp³-hybridized carbons (Fsp3) is 0.258. The van der Waals surface area contributed by atoms with Crippen molar-refractivity contribution < 1.29 is 28.6 Å². The van der Waals surface area contributed by atoms with Crippen LogP contribution in [0.15, 0.2) is 66.2 Å². The highest BCUT2D eigenvalue weighted by atomic mass is 127. The van der Waals surface area contributed by atoms with Crippen molar-refractivity contribution in [3.63, 3.8) is 0 Å². The predicted molar refractivity (Wildman–Crippen MR) is 162 cm³/mol. The zero-order valence-electron chi connectivity index (χ0n) is 22.7. The number of imide groups is 2. The average Bonchev–Trinajstić information content (AvgIpc) is 2.92. The second-order valence-electron chi connectivity index (χ2n) is 9.19. The third-order valence-corrected chi connectivity index (χ3v) is 6.87. The maximum Gasteiger partial charge on any atom is 0.335 e.